The highest BCUT2D eigenvalue weighted by atomic mass is 35.5. The molecule has 80 valence electrons. The van der Waals surface area contributed by atoms with Gasteiger partial charge in [-0.15, -0.1) is 12.4 Å². The van der Waals surface area contributed by atoms with Gasteiger partial charge in [-0.1, -0.05) is 6.92 Å². The molecule has 0 rings (SSSR count). The fourth-order valence-corrected chi connectivity index (χ4v) is 1.36. The van der Waals surface area contributed by atoms with Crippen molar-refractivity contribution in [3.63, 3.8) is 0 Å². The van der Waals surface area contributed by atoms with Crippen molar-refractivity contribution in [3.8, 4) is 0 Å². The van der Waals surface area contributed by atoms with Gasteiger partial charge in [0.05, 0.1) is 0 Å². The molecule has 0 radical (unpaired) electrons. The molecule has 6 nitrogen and oxygen atoms in total. The van der Waals surface area contributed by atoms with Crippen LogP contribution in [0.25, 0.3) is 0 Å². The van der Waals surface area contributed by atoms with Crippen molar-refractivity contribution in [1.29, 1.82) is 0 Å². The minimum absolute atomic E-state index is 0. The number of hydrogen-bond donors (Lipinski definition) is 3. The normalized spacial score (nSPS) is 13.1. The predicted molar refractivity (Wildman–Crippen MR) is 48.8 cm³/mol. The molecule has 0 bridgehead atoms. The summed E-state index contributed by atoms with van der Waals surface area (Å²) in [6, 6.07) is -1.25. The summed E-state index contributed by atoms with van der Waals surface area (Å²) in [5.41, 5.74) is 0. The first kappa shape index (κ1) is 15.1. The first-order valence-corrected chi connectivity index (χ1v) is 4.89. The van der Waals surface area contributed by atoms with Gasteiger partial charge in [-0.2, -0.15) is 8.42 Å². The maximum absolute atomic E-state index is 10.3. The topological polar surface area (TPSA) is 104 Å². The second kappa shape index (κ2) is 6.14. The van der Waals surface area contributed by atoms with Crippen LogP contribution >= 0.6 is 12.4 Å². The standard InChI is InChI=1S/C5H11NO5S.ClH/c1-2-6-4(5(7)8)3-12(9,10)11;/h4,6H,2-3H2,1H3,(H,7,8)(H,9,10,11);1H/t4-;/m0./s1. The van der Waals surface area contributed by atoms with E-state index in [-0.39, 0.29) is 12.4 Å². The maximum Gasteiger partial charge on any atom is 0.321 e. The number of likely N-dealkylation sites (N-methyl/N-ethyl adjacent to an activating group) is 1. The maximum atomic E-state index is 10.3. The summed E-state index contributed by atoms with van der Waals surface area (Å²) < 4.78 is 28.9. The number of halogens is 1. The molecular weight excluding hydrogens is 222 g/mol. The van der Waals surface area contributed by atoms with Crippen LogP contribution in [0.15, 0.2) is 0 Å². The zero-order valence-corrected chi connectivity index (χ0v) is 8.56. The van der Waals surface area contributed by atoms with Crippen LogP contribution in [0.2, 0.25) is 0 Å². The lowest BCUT2D eigenvalue weighted by Gasteiger charge is -2.09. The summed E-state index contributed by atoms with van der Waals surface area (Å²) in [5.74, 6) is -2.11. The van der Waals surface area contributed by atoms with Gasteiger partial charge in [0.2, 0.25) is 0 Å². The Hall–Kier alpha value is -0.370. The Morgan fingerprint density at radius 2 is 2.00 bits per heavy atom. The molecule has 0 aliphatic rings. The van der Waals surface area contributed by atoms with Gasteiger partial charge >= 0.3 is 5.97 Å². The predicted octanol–water partition coefficient (Wildman–Crippen LogP) is -0.641. The average Bonchev–Trinajstić information content (AvgIpc) is 1.83. The fourth-order valence-electron chi connectivity index (χ4n) is 0.675. The lowest BCUT2D eigenvalue weighted by Crippen LogP contribution is -2.41. The van der Waals surface area contributed by atoms with Crippen LogP contribution in [0.3, 0.4) is 0 Å². The van der Waals surface area contributed by atoms with Gasteiger partial charge in [-0.25, -0.2) is 0 Å². The molecule has 13 heavy (non-hydrogen) atoms. The third-order valence-electron chi connectivity index (χ3n) is 1.13. The molecule has 0 aromatic carbocycles. The number of nitrogens with one attached hydrogen (secondary N) is 1. The summed E-state index contributed by atoms with van der Waals surface area (Å²) in [5, 5.41) is 10.8. The lowest BCUT2D eigenvalue weighted by molar-refractivity contribution is -0.138. The van der Waals surface area contributed by atoms with Gasteiger partial charge in [0.25, 0.3) is 10.1 Å². The summed E-state index contributed by atoms with van der Waals surface area (Å²) in [4.78, 5) is 10.3. The highest BCUT2D eigenvalue weighted by Gasteiger charge is 2.22. The minimum Gasteiger partial charge on any atom is -0.480 e. The third kappa shape index (κ3) is 7.97. The molecule has 0 aromatic rings. The van der Waals surface area contributed by atoms with Crippen molar-refractivity contribution in [2.45, 2.75) is 13.0 Å². The van der Waals surface area contributed by atoms with Crippen molar-refractivity contribution >= 4 is 28.5 Å². The van der Waals surface area contributed by atoms with E-state index in [4.69, 9.17) is 9.66 Å². The Balaban J connectivity index is 0. The van der Waals surface area contributed by atoms with Crippen LogP contribution < -0.4 is 5.32 Å². The molecule has 0 aromatic heterocycles. The van der Waals surface area contributed by atoms with Crippen LogP contribution in [0.4, 0.5) is 0 Å². The monoisotopic (exact) mass is 233 g/mol. The van der Waals surface area contributed by atoms with E-state index in [9.17, 15) is 13.2 Å². The van der Waals surface area contributed by atoms with E-state index < -0.39 is 27.9 Å². The van der Waals surface area contributed by atoms with Crippen LogP contribution in [0, 0.1) is 0 Å². The zero-order chi connectivity index (χ0) is 9.78. The molecule has 1 atom stereocenters. The first-order chi connectivity index (χ1) is 5.37. The van der Waals surface area contributed by atoms with E-state index >= 15 is 0 Å². The molecule has 0 unspecified atom stereocenters. The lowest BCUT2D eigenvalue weighted by atomic mass is 10.3. The summed E-state index contributed by atoms with van der Waals surface area (Å²) >= 11 is 0. The first-order valence-electron chi connectivity index (χ1n) is 3.28. The number of aliphatic carboxylic acids is 1. The van der Waals surface area contributed by atoms with Gasteiger partial charge in [0.15, 0.2) is 0 Å². The number of carboxylic acids is 1. The van der Waals surface area contributed by atoms with Crippen LogP contribution in [0.1, 0.15) is 6.92 Å². The Morgan fingerprint density at radius 1 is 1.54 bits per heavy atom. The number of carboxylic acid groups (broad SMARTS) is 1. The molecule has 0 aliphatic heterocycles. The van der Waals surface area contributed by atoms with Crippen molar-refractivity contribution in [1.82, 2.24) is 5.32 Å². The molecule has 0 heterocycles. The van der Waals surface area contributed by atoms with Crippen LogP contribution in [-0.2, 0) is 14.9 Å². The van der Waals surface area contributed by atoms with Gasteiger partial charge in [0.1, 0.15) is 11.8 Å². The zero-order valence-electron chi connectivity index (χ0n) is 6.93. The average molecular weight is 234 g/mol. The Bertz CT molecular complexity index is 252. The van der Waals surface area contributed by atoms with Crippen molar-refractivity contribution < 1.29 is 22.9 Å². The highest BCUT2D eigenvalue weighted by Crippen LogP contribution is 1.90. The highest BCUT2D eigenvalue weighted by molar-refractivity contribution is 7.85. The largest absolute Gasteiger partial charge is 0.480 e. The minimum atomic E-state index is -4.23. The van der Waals surface area contributed by atoms with Crippen LogP contribution in [-0.4, -0.2) is 42.4 Å². The molecule has 0 saturated heterocycles. The second-order valence-corrected chi connectivity index (χ2v) is 3.69. The molecule has 0 fully saturated rings. The van der Waals surface area contributed by atoms with E-state index in [1.807, 2.05) is 0 Å². The smallest absolute Gasteiger partial charge is 0.321 e. The van der Waals surface area contributed by atoms with E-state index in [1.54, 1.807) is 6.92 Å². The molecule has 0 spiro atoms. The Morgan fingerprint density at radius 3 is 2.23 bits per heavy atom. The number of rotatable bonds is 5. The Kier molecular flexibility index (Phi) is 7.14. The molecule has 3 N–H and O–H groups in total. The molecule has 0 amide bonds. The fraction of sp³-hybridized carbons (Fsp3) is 0.800. The number of carbonyl (C=O) groups is 1. The van der Waals surface area contributed by atoms with E-state index in [2.05, 4.69) is 5.32 Å². The van der Waals surface area contributed by atoms with E-state index in [0.717, 1.165) is 0 Å². The summed E-state index contributed by atoms with van der Waals surface area (Å²) in [7, 11) is -4.23. The van der Waals surface area contributed by atoms with Crippen molar-refractivity contribution in [2.75, 3.05) is 12.3 Å². The van der Waals surface area contributed by atoms with E-state index in [1.165, 1.54) is 0 Å². The third-order valence-corrected chi connectivity index (χ3v) is 1.88. The molecule has 0 aliphatic carbocycles. The quantitative estimate of drug-likeness (QED) is 0.546. The van der Waals surface area contributed by atoms with Gasteiger partial charge in [-0.05, 0) is 6.54 Å². The second-order valence-electron chi connectivity index (χ2n) is 2.20. The molecule has 0 saturated carbocycles. The molecule has 8 heteroatoms. The summed E-state index contributed by atoms with van der Waals surface area (Å²) in [6.45, 7) is 1.96. The SMILES string of the molecule is CCN[C@@H](CS(=O)(=O)O)C(=O)O.Cl. The van der Waals surface area contributed by atoms with Gasteiger partial charge in [0, 0.05) is 0 Å². The van der Waals surface area contributed by atoms with Crippen molar-refractivity contribution in [2.24, 2.45) is 0 Å². The molecular formula is C5H12ClNO5S. The summed E-state index contributed by atoms with van der Waals surface area (Å²) in [6.07, 6.45) is 0. The number of hydrogen-bond acceptors (Lipinski definition) is 4. The Labute approximate surface area is 82.5 Å². The van der Waals surface area contributed by atoms with Gasteiger partial charge in [-0.3, -0.25) is 9.35 Å². The van der Waals surface area contributed by atoms with Gasteiger partial charge < -0.3 is 10.4 Å². The van der Waals surface area contributed by atoms with Crippen molar-refractivity contribution in [3.05, 3.63) is 0 Å². The van der Waals surface area contributed by atoms with E-state index in [0.29, 0.717) is 6.54 Å². The van der Waals surface area contributed by atoms with Crippen LogP contribution in [0.5, 0.6) is 0 Å².